The topological polar surface area (TPSA) is 29.5 Å². The number of phenols is 1. The van der Waals surface area contributed by atoms with Crippen molar-refractivity contribution in [2.24, 2.45) is 0 Å². The van der Waals surface area contributed by atoms with Crippen molar-refractivity contribution in [1.82, 2.24) is 0 Å². The fourth-order valence-corrected chi connectivity index (χ4v) is 1.44. The molecule has 0 atom stereocenters. The van der Waals surface area contributed by atoms with Gasteiger partial charge in [-0.15, -0.1) is 0 Å². The van der Waals surface area contributed by atoms with Gasteiger partial charge in [0.25, 0.3) is 0 Å². The van der Waals surface area contributed by atoms with E-state index in [0.29, 0.717) is 11.5 Å². The van der Waals surface area contributed by atoms with Crippen LogP contribution in [-0.4, -0.2) is 5.11 Å². The highest BCUT2D eigenvalue weighted by Gasteiger charge is 2.04. The SMILES string of the molecule is Oc1cccc(Oc2ccc(F)cc2Cl)c1. The van der Waals surface area contributed by atoms with Crippen molar-refractivity contribution >= 4 is 11.6 Å². The lowest BCUT2D eigenvalue weighted by atomic mass is 10.3. The maximum atomic E-state index is 12.8. The second-order valence-corrected chi connectivity index (χ2v) is 3.58. The Bertz CT molecular complexity index is 514. The van der Waals surface area contributed by atoms with Crippen LogP contribution in [0.1, 0.15) is 0 Å². The first-order valence-corrected chi connectivity index (χ1v) is 4.95. The summed E-state index contributed by atoms with van der Waals surface area (Å²) in [4.78, 5) is 0. The van der Waals surface area contributed by atoms with Crippen LogP contribution in [0.15, 0.2) is 42.5 Å². The van der Waals surface area contributed by atoms with E-state index in [1.54, 1.807) is 12.1 Å². The fraction of sp³-hybridized carbons (Fsp3) is 0. The molecule has 0 heterocycles. The maximum absolute atomic E-state index is 12.8. The molecule has 16 heavy (non-hydrogen) atoms. The van der Waals surface area contributed by atoms with Crippen LogP contribution in [0.3, 0.4) is 0 Å². The summed E-state index contributed by atoms with van der Waals surface area (Å²) in [5.74, 6) is 0.450. The number of phenolic OH excluding ortho intramolecular Hbond substituents is 1. The summed E-state index contributed by atoms with van der Waals surface area (Å²) in [5.41, 5.74) is 0. The van der Waals surface area contributed by atoms with Crippen LogP contribution in [-0.2, 0) is 0 Å². The lowest BCUT2D eigenvalue weighted by Gasteiger charge is -2.07. The molecule has 2 rings (SSSR count). The van der Waals surface area contributed by atoms with Gasteiger partial charge in [0.05, 0.1) is 5.02 Å². The minimum Gasteiger partial charge on any atom is -0.508 e. The predicted octanol–water partition coefficient (Wildman–Crippen LogP) is 3.98. The summed E-state index contributed by atoms with van der Waals surface area (Å²) in [6.45, 7) is 0. The molecule has 0 saturated carbocycles. The van der Waals surface area contributed by atoms with Gasteiger partial charge in [0, 0.05) is 6.07 Å². The molecule has 2 aromatic carbocycles. The van der Waals surface area contributed by atoms with Gasteiger partial charge >= 0.3 is 0 Å². The first kappa shape index (κ1) is 10.8. The van der Waals surface area contributed by atoms with Crippen molar-refractivity contribution in [1.29, 1.82) is 0 Å². The zero-order chi connectivity index (χ0) is 11.5. The van der Waals surface area contributed by atoms with Gasteiger partial charge in [-0.25, -0.2) is 4.39 Å². The van der Waals surface area contributed by atoms with E-state index in [0.717, 1.165) is 0 Å². The second-order valence-electron chi connectivity index (χ2n) is 3.17. The third-order valence-corrected chi connectivity index (χ3v) is 2.23. The molecule has 0 aliphatic heterocycles. The van der Waals surface area contributed by atoms with Crippen molar-refractivity contribution in [3.05, 3.63) is 53.3 Å². The van der Waals surface area contributed by atoms with E-state index in [9.17, 15) is 9.50 Å². The largest absolute Gasteiger partial charge is 0.508 e. The number of ether oxygens (including phenoxy) is 1. The molecule has 0 aliphatic carbocycles. The normalized spacial score (nSPS) is 10.1. The predicted molar refractivity (Wildman–Crippen MR) is 59.6 cm³/mol. The van der Waals surface area contributed by atoms with Crippen LogP contribution in [0, 0.1) is 5.82 Å². The van der Waals surface area contributed by atoms with E-state index in [4.69, 9.17) is 16.3 Å². The molecule has 0 bridgehead atoms. The van der Waals surface area contributed by atoms with Gasteiger partial charge in [0.1, 0.15) is 23.1 Å². The van der Waals surface area contributed by atoms with Gasteiger partial charge in [-0.05, 0) is 30.3 Å². The molecule has 2 nitrogen and oxygen atoms in total. The average molecular weight is 239 g/mol. The summed E-state index contributed by atoms with van der Waals surface area (Å²) in [7, 11) is 0. The van der Waals surface area contributed by atoms with E-state index in [-0.39, 0.29) is 10.8 Å². The molecular weight excluding hydrogens is 231 g/mol. The molecule has 0 saturated heterocycles. The molecule has 0 spiro atoms. The standard InChI is InChI=1S/C12H8ClFO2/c13-11-6-8(14)4-5-12(11)16-10-3-1-2-9(15)7-10/h1-7,15H. The Morgan fingerprint density at radius 3 is 2.62 bits per heavy atom. The van der Waals surface area contributed by atoms with Crippen molar-refractivity contribution in [2.45, 2.75) is 0 Å². The van der Waals surface area contributed by atoms with E-state index in [1.165, 1.54) is 30.3 Å². The molecular formula is C12H8ClFO2. The minimum absolute atomic E-state index is 0.0933. The van der Waals surface area contributed by atoms with E-state index < -0.39 is 5.82 Å². The highest BCUT2D eigenvalue weighted by molar-refractivity contribution is 6.32. The summed E-state index contributed by atoms with van der Waals surface area (Å²) in [6.07, 6.45) is 0. The summed E-state index contributed by atoms with van der Waals surface area (Å²) in [5, 5.41) is 9.42. The fourth-order valence-electron chi connectivity index (χ4n) is 1.23. The van der Waals surface area contributed by atoms with Crippen molar-refractivity contribution in [3.63, 3.8) is 0 Å². The Morgan fingerprint density at radius 1 is 1.12 bits per heavy atom. The van der Waals surface area contributed by atoms with Gasteiger partial charge in [0.15, 0.2) is 0 Å². The van der Waals surface area contributed by atoms with E-state index in [2.05, 4.69) is 0 Å². The first-order chi connectivity index (χ1) is 7.65. The highest BCUT2D eigenvalue weighted by Crippen LogP contribution is 2.30. The number of hydrogen-bond acceptors (Lipinski definition) is 2. The molecule has 0 amide bonds. The average Bonchev–Trinajstić information content (AvgIpc) is 2.22. The Hall–Kier alpha value is -1.74. The number of hydrogen-bond donors (Lipinski definition) is 1. The van der Waals surface area contributed by atoms with Crippen LogP contribution in [0.2, 0.25) is 5.02 Å². The summed E-state index contributed by atoms with van der Waals surface area (Å²) < 4.78 is 18.2. The Kier molecular flexibility index (Phi) is 2.97. The van der Waals surface area contributed by atoms with Crippen molar-refractivity contribution in [3.8, 4) is 17.2 Å². The Balaban J connectivity index is 2.27. The lowest BCUT2D eigenvalue weighted by molar-refractivity contribution is 0.454. The van der Waals surface area contributed by atoms with Gasteiger partial charge in [0.2, 0.25) is 0 Å². The van der Waals surface area contributed by atoms with Crippen LogP contribution in [0.4, 0.5) is 4.39 Å². The Morgan fingerprint density at radius 2 is 1.94 bits per heavy atom. The highest BCUT2D eigenvalue weighted by atomic mass is 35.5. The summed E-state index contributed by atoms with van der Waals surface area (Å²) >= 11 is 5.79. The molecule has 0 fully saturated rings. The molecule has 0 aliphatic rings. The van der Waals surface area contributed by atoms with Crippen LogP contribution in [0.5, 0.6) is 17.2 Å². The molecule has 2 aromatic rings. The number of halogens is 2. The maximum Gasteiger partial charge on any atom is 0.146 e. The summed E-state index contributed by atoms with van der Waals surface area (Å²) in [6, 6.07) is 10.1. The Labute approximate surface area is 96.9 Å². The van der Waals surface area contributed by atoms with Gasteiger partial charge in [-0.3, -0.25) is 0 Å². The van der Waals surface area contributed by atoms with Gasteiger partial charge in [-0.1, -0.05) is 17.7 Å². The monoisotopic (exact) mass is 238 g/mol. The minimum atomic E-state index is -0.423. The van der Waals surface area contributed by atoms with Crippen LogP contribution >= 0.6 is 11.6 Å². The van der Waals surface area contributed by atoms with Gasteiger partial charge < -0.3 is 9.84 Å². The van der Waals surface area contributed by atoms with Crippen molar-refractivity contribution in [2.75, 3.05) is 0 Å². The van der Waals surface area contributed by atoms with E-state index in [1.807, 2.05) is 0 Å². The number of rotatable bonds is 2. The number of aromatic hydroxyl groups is 1. The molecule has 0 radical (unpaired) electrons. The van der Waals surface area contributed by atoms with Gasteiger partial charge in [-0.2, -0.15) is 0 Å². The van der Waals surface area contributed by atoms with E-state index >= 15 is 0 Å². The molecule has 0 aromatic heterocycles. The molecule has 1 N–H and O–H groups in total. The zero-order valence-corrected chi connectivity index (χ0v) is 8.91. The zero-order valence-electron chi connectivity index (χ0n) is 8.15. The van der Waals surface area contributed by atoms with Crippen molar-refractivity contribution < 1.29 is 14.2 Å². The smallest absolute Gasteiger partial charge is 0.146 e. The number of benzene rings is 2. The second kappa shape index (κ2) is 4.41. The lowest BCUT2D eigenvalue weighted by Crippen LogP contribution is -1.85. The molecule has 82 valence electrons. The van der Waals surface area contributed by atoms with Crippen LogP contribution < -0.4 is 4.74 Å². The third kappa shape index (κ3) is 2.44. The third-order valence-electron chi connectivity index (χ3n) is 1.94. The quantitative estimate of drug-likeness (QED) is 0.858. The molecule has 0 unspecified atom stereocenters. The molecule has 4 heteroatoms. The first-order valence-electron chi connectivity index (χ1n) is 4.57. The van der Waals surface area contributed by atoms with Crippen LogP contribution in [0.25, 0.3) is 0 Å².